The zero-order chi connectivity index (χ0) is 19.5. The largest absolute Gasteiger partial charge is 0.433 e. The number of aryl methyl sites for hydroxylation is 1. The van der Waals surface area contributed by atoms with Gasteiger partial charge in [0.2, 0.25) is 5.91 Å². The van der Waals surface area contributed by atoms with Gasteiger partial charge in [-0.05, 0) is 37.3 Å². The summed E-state index contributed by atoms with van der Waals surface area (Å²) in [7, 11) is 0. The van der Waals surface area contributed by atoms with Crippen molar-refractivity contribution in [2.45, 2.75) is 26.4 Å². The Labute approximate surface area is 152 Å². The molecule has 1 aromatic carbocycles. The minimum Gasteiger partial charge on any atom is -0.326 e. The fourth-order valence-corrected chi connectivity index (χ4v) is 2.26. The summed E-state index contributed by atoms with van der Waals surface area (Å²) in [5.74, 6) is -0.878. The van der Waals surface area contributed by atoms with Crippen LogP contribution in [0.15, 0.2) is 30.3 Å². The van der Waals surface area contributed by atoms with Crippen LogP contribution in [0.25, 0.3) is 0 Å². The fourth-order valence-electron chi connectivity index (χ4n) is 2.10. The van der Waals surface area contributed by atoms with Gasteiger partial charge in [0.15, 0.2) is 0 Å². The van der Waals surface area contributed by atoms with Gasteiger partial charge in [-0.3, -0.25) is 9.59 Å². The minimum atomic E-state index is -4.59. The van der Waals surface area contributed by atoms with Gasteiger partial charge in [-0.15, -0.1) is 0 Å². The predicted octanol–water partition coefficient (Wildman–Crippen LogP) is 4.66. The Morgan fingerprint density at radius 3 is 2.42 bits per heavy atom. The Hall–Kier alpha value is -2.61. The smallest absolute Gasteiger partial charge is 0.326 e. The summed E-state index contributed by atoms with van der Waals surface area (Å²) in [6, 6.07) is 6.30. The summed E-state index contributed by atoms with van der Waals surface area (Å²) in [5, 5.41) is 5.35. The molecule has 0 aliphatic heterocycles. The first kappa shape index (κ1) is 19.7. The fraction of sp³-hybridized carbons (Fsp3) is 0.235. The number of aromatic nitrogens is 1. The molecule has 0 aliphatic rings. The number of benzene rings is 1. The highest BCUT2D eigenvalue weighted by atomic mass is 35.5. The van der Waals surface area contributed by atoms with Gasteiger partial charge in [-0.1, -0.05) is 18.5 Å². The second-order valence-corrected chi connectivity index (χ2v) is 5.78. The standard InChI is InChI=1S/C17H15ClF3N3O2/c1-3-15(25)23-10-4-6-12(18)13(8-10)24-16(26)11-5-7-14(17(19,20)21)22-9(11)2/h4-8H,3H2,1-2H3,(H,23,25)(H,24,26). The van der Waals surface area contributed by atoms with Crippen molar-refractivity contribution in [3.8, 4) is 0 Å². The number of amides is 2. The molecular weight excluding hydrogens is 371 g/mol. The number of hydrogen-bond acceptors (Lipinski definition) is 3. The molecule has 2 N–H and O–H groups in total. The van der Waals surface area contributed by atoms with Crippen LogP contribution in [0.5, 0.6) is 0 Å². The quantitative estimate of drug-likeness (QED) is 0.803. The Balaban J connectivity index is 2.24. The van der Waals surface area contributed by atoms with Gasteiger partial charge < -0.3 is 10.6 Å². The van der Waals surface area contributed by atoms with E-state index in [-0.39, 0.29) is 34.3 Å². The Bertz CT molecular complexity index is 854. The highest BCUT2D eigenvalue weighted by Gasteiger charge is 2.33. The highest BCUT2D eigenvalue weighted by Crippen LogP contribution is 2.29. The molecule has 138 valence electrons. The van der Waals surface area contributed by atoms with Crippen LogP contribution < -0.4 is 10.6 Å². The molecule has 0 radical (unpaired) electrons. The number of rotatable bonds is 4. The van der Waals surface area contributed by atoms with E-state index in [9.17, 15) is 22.8 Å². The maximum absolute atomic E-state index is 12.7. The number of hydrogen-bond donors (Lipinski definition) is 2. The lowest BCUT2D eigenvalue weighted by molar-refractivity contribution is -0.141. The molecule has 0 atom stereocenters. The van der Waals surface area contributed by atoms with Gasteiger partial charge in [-0.2, -0.15) is 13.2 Å². The van der Waals surface area contributed by atoms with Crippen molar-refractivity contribution in [2.24, 2.45) is 0 Å². The number of nitrogens with zero attached hydrogens (tertiary/aromatic N) is 1. The van der Waals surface area contributed by atoms with Crippen molar-refractivity contribution in [3.63, 3.8) is 0 Å². The Morgan fingerprint density at radius 1 is 1.15 bits per heavy atom. The van der Waals surface area contributed by atoms with Crippen LogP contribution in [0.1, 0.15) is 35.1 Å². The number of halogens is 4. The molecule has 1 aromatic heterocycles. The monoisotopic (exact) mass is 385 g/mol. The maximum atomic E-state index is 12.7. The number of pyridine rings is 1. The third kappa shape index (κ3) is 4.72. The number of alkyl halides is 3. The van der Waals surface area contributed by atoms with Crippen LogP contribution in [0.2, 0.25) is 5.02 Å². The van der Waals surface area contributed by atoms with E-state index in [4.69, 9.17) is 11.6 Å². The van der Waals surface area contributed by atoms with E-state index in [1.54, 1.807) is 13.0 Å². The zero-order valence-corrected chi connectivity index (χ0v) is 14.6. The molecule has 2 aromatic rings. The lowest BCUT2D eigenvalue weighted by Gasteiger charge is -2.12. The van der Waals surface area contributed by atoms with E-state index in [2.05, 4.69) is 15.6 Å². The SMILES string of the molecule is CCC(=O)Nc1ccc(Cl)c(NC(=O)c2ccc(C(F)(F)F)nc2C)c1. The summed E-state index contributed by atoms with van der Waals surface area (Å²) in [5.41, 5.74) is -0.515. The van der Waals surface area contributed by atoms with Gasteiger partial charge >= 0.3 is 6.18 Å². The van der Waals surface area contributed by atoms with Gasteiger partial charge in [-0.25, -0.2) is 4.98 Å². The lowest BCUT2D eigenvalue weighted by Crippen LogP contribution is -2.17. The molecule has 9 heteroatoms. The van der Waals surface area contributed by atoms with Crippen LogP contribution in [-0.4, -0.2) is 16.8 Å². The summed E-state index contributed by atoms with van der Waals surface area (Å²) in [6.07, 6.45) is -4.31. The Kier molecular flexibility index (Phi) is 5.86. The molecule has 0 saturated heterocycles. The molecular formula is C17H15ClF3N3O2. The minimum absolute atomic E-state index is 0.0166. The molecule has 0 bridgehead atoms. The molecule has 1 heterocycles. The van der Waals surface area contributed by atoms with E-state index in [1.807, 2.05) is 0 Å². The van der Waals surface area contributed by atoms with Crippen LogP contribution in [0.3, 0.4) is 0 Å². The van der Waals surface area contributed by atoms with Crippen molar-refractivity contribution >= 4 is 34.8 Å². The first-order chi connectivity index (χ1) is 12.1. The number of anilines is 2. The molecule has 0 spiro atoms. The van der Waals surface area contributed by atoms with Gasteiger partial charge in [0.1, 0.15) is 5.69 Å². The summed E-state index contributed by atoms with van der Waals surface area (Å²) >= 11 is 6.03. The third-order valence-corrected chi connectivity index (χ3v) is 3.77. The molecule has 2 rings (SSSR count). The van der Waals surface area contributed by atoms with E-state index in [0.717, 1.165) is 12.1 Å². The van der Waals surface area contributed by atoms with Crippen LogP contribution in [-0.2, 0) is 11.0 Å². The molecule has 0 fully saturated rings. The second kappa shape index (κ2) is 7.74. The summed E-state index contributed by atoms with van der Waals surface area (Å²) < 4.78 is 38.0. The van der Waals surface area contributed by atoms with E-state index < -0.39 is 17.8 Å². The molecule has 2 amide bonds. The normalized spacial score (nSPS) is 11.2. The molecule has 0 saturated carbocycles. The van der Waals surface area contributed by atoms with Crippen molar-refractivity contribution in [1.82, 2.24) is 4.98 Å². The number of carbonyl (C=O) groups is 2. The zero-order valence-electron chi connectivity index (χ0n) is 13.9. The van der Waals surface area contributed by atoms with Crippen molar-refractivity contribution in [3.05, 3.63) is 52.3 Å². The maximum Gasteiger partial charge on any atom is 0.433 e. The summed E-state index contributed by atoms with van der Waals surface area (Å²) in [6.45, 7) is 3.00. The van der Waals surface area contributed by atoms with Crippen molar-refractivity contribution in [1.29, 1.82) is 0 Å². The first-order valence-electron chi connectivity index (χ1n) is 7.57. The number of nitrogens with one attached hydrogen (secondary N) is 2. The van der Waals surface area contributed by atoms with E-state index in [1.165, 1.54) is 19.1 Å². The van der Waals surface area contributed by atoms with Crippen LogP contribution in [0, 0.1) is 6.92 Å². The van der Waals surface area contributed by atoms with Gasteiger partial charge in [0.05, 0.1) is 22.0 Å². The number of carbonyl (C=O) groups excluding carboxylic acids is 2. The Morgan fingerprint density at radius 2 is 1.85 bits per heavy atom. The molecule has 0 aliphatic carbocycles. The van der Waals surface area contributed by atoms with Gasteiger partial charge in [0.25, 0.3) is 5.91 Å². The van der Waals surface area contributed by atoms with Crippen LogP contribution >= 0.6 is 11.6 Å². The topological polar surface area (TPSA) is 71.1 Å². The lowest BCUT2D eigenvalue weighted by atomic mass is 10.1. The van der Waals surface area contributed by atoms with Crippen molar-refractivity contribution in [2.75, 3.05) is 10.6 Å². The average Bonchev–Trinajstić information content (AvgIpc) is 2.56. The highest BCUT2D eigenvalue weighted by molar-refractivity contribution is 6.34. The molecule has 0 unspecified atom stereocenters. The van der Waals surface area contributed by atoms with E-state index >= 15 is 0 Å². The molecule has 26 heavy (non-hydrogen) atoms. The third-order valence-electron chi connectivity index (χ3n) is 3.44. The van der Waals surface area contributed by atoms with Crippen molar-refractivity contribution < 1.29 is 22.8 Å². The average molecular weight is 386 g/mol. The van der Waals surface area contributed by atoms with Crippen LogP contribution in [0.4, 0.5) is 24.5 Å². The van der Waals surface area contributed by atoms with Gasteiger partial charge in [0, 0.05) is 12.1 Å². The summed E-state index contributed by atoms with van der Waals surface area (Å²) in [4.78, 5) is 27.2. The van der Waals surface area contributed by atoms with E-state index in [0.29, 0.717) is 5.69 Å². The second-order valence-electron chi connectivity index (χ2n) is 5.38. The first-order valence-corrected chi connectivity index (χ1v) is 7.95. The molecule has 5 nitrogen and oxygen atoms in total. The predicted molar refractivity (Wildman–Crippen MR) is 92.3 cm³/mol.